The molecule has 132 valence electrons. The number of alkyl carbamates (subject to hydrolysis) is 1. The van der Waals surface area contributed by atoms with Crippen molar-refractivity contribution >= 4 is 35.2 Å². The van der Waals surface area contributed by atoms with E-state index in [1.807, 2.05) is 30.3 Å². The number of ether oxygens (including phenoxy) is 2. The highest BCUT2D eigenvalue weighted by atomic mass is 32.1. The second-order valence-corrected chi connectivity index (χ2v) is 5.25. The summed E-state index contributed by atoms with van der Waals surface area (Å²) in [4.78, 5) is 26.8. The zero-order chi connectivity index (χ0) is 18.2. The van der Waals surface area contributed by atoms with Crippen molar-refractivity contribution in [1.82, 2.24) is 10.3 Å². The van der Waals surface area contributed by atoms with Crippen LogP contribution >= 0.6 is 12.2 Å². The van der Waals surface area contributed by atoms with Crippen LogP contribution < -0.4 is 10.6 Å². The quantitative estimate of drug-likeness (QED) is 0.559. The fourth-order valence-electron chi connectivity index (χ4n) is 2.19. The van der Waals surface area contributed by atoms with Gasteiger partial charge in [0.05, 0.1) is 13.2 Å². The molecule has 25 heavy (non-hydrogen) atoms. The molecule has 1 heterocycles. The molecular weight excluding hydrogens is 342 g/mol. The van der Waals surface area contributed by atoms with Crippen LogP contribution in [0.2, 0.25) is 0 Å². The van der Waals surface area contributed by atoms with Crippen LogP contribution in [0.4, 0.5) is 10.6 Å². The molecule has 1 aromatic heterocycles. The van der Waals surface area contributed by atoms with Crippen LogP contribution in [0, 0.1) is 0 Å². The summed E-state index contributed by atoms with van der Waals surface area (Å²) in [7, 11) is 0. The molecule has 0 atom stereocenters. The van der Waals surface area contributed by atoms with Crippen molar-refractivity contribution in [2.45, 2.75) is 13.8 Å². The molecule has 0 saturated heterocycles. The Balaban J connectivity index is 2.29. The molecule has 0 aliphatic carbocycles. The summed E-state index contributed by atoms with van der Waals surface area (Å²) in [5.41, 5.74) is 1.82. The smallest absolute Gasteiger partial charge is 0.413 e. The molecular formula is C17H19N3O4S. The molecule has 1 aromatic carbocycles. The first-order chi connectivity index (χ1) is 12.1. The number of hydrogen-bond donors (Lipinski definition) is 3. The fourth-order valence-corrected chi connectivity index (χ4v) is 2.37. The van der Waals surface area contributed by atoms with Crippen LogP contribution in [-0.2, 0) is 9.47 Å². The largest absolute Gasteiger partial charge is 0.462 e. The van der Waals surface area contributed by atoms with E-state index in [-0.39, 0.29) is 18.3 Å². The van der Waals surface area contributed by atoms with Crippen LogP contribution in [-0.4, -0.2) is 35.4 Å². The van der Waals surface area contributed by atoms with Crippen molar-refractivity contribution in [2.75, 3.05) is 18.5 Å². The molecule has 0 aliphatic heterocycles. The minimum Gasteiger partial charge on any atom is -0.462 e. The number of benzene rings is 1. The lowest BCUT2D eigenvalue weighted by Gasteiger charge is -2.11. The van der Waals surface area contributed by atoms with Gasteiger partial charge in [-0.25, -0.2) is 9.59 Å². The van der Waals surface area contributed by atoms with Gasteiger partial charge in [0.2, 0.25) is 0 Å². The number of carbonyl (C=O) groups excluding carboxylic acids is 2. The monoisotopic (exact) mass is 361 g/mol. The molecule has 0 aliphatic rings. The maximum atomic E-state index is 12.4. The van der Waals surface area contributed by atoms with E-state index in [9.17, 15) is 9.59 Å². The summed E-state index contributed by atoms with van der Waals surface area (Å²) in [5.74, 6) is -0.164. The van der Waals surface area contributed by atoms with Crippen LogP contribution in [0.1, 0.15) is 24.2 Å². The normalized spacial score (nSPS) is 10.0. The van der Waals surface area contributed by atoms with Gasteiger partial charge in [0.1, 0.15) is 11.4 Å². The molecule has 0 spiro atoms. The van der Waals surface area contributed by atoms with Gasteiger partial charge >= 0.3 is 12.1 Å². The highest BCUT2D eigenvalue weighted by Crippen LogP contribution is 2.29. The molecule has 8 heteroatoms. The lowest BCUT2D eigenvalue weighted by atomic mass is 10.0. The molecule has 0 radical (unpaired) electrons. The first-order valence-electron chi connectivity index (χ1n) is 7.75. The molecule has 0 unspecified atom stereocenters. The van der Waals surface area contributed by atoms with Gasteiger partial charge in [-0.2, -0.15) is 0 Å². The minimum absolute atomic E-state index is 0.00506. The van der Waals surface area contributed by atoms with Crippen molar-refractivity contribution in [3.8, 4) is 11.1 Å². The van der Waals surface area contributed by atoms with Gasteiger partial charge in [-0.1, -0.05) is 30.3 Å². The van der Waals surface area contributed by atoms with Gasteiger partial charge in [-0.15, -0.1) is 0 Å². The van der Waals surface area contributed by atoms with Crippen LogP contribution in [0.3, 0.4) is 0 Å². The Morgan fingerprint density at radius 3 is 2.44 bits per heavy atom. The van der Waals surface area contributed by atoms with Gasteiger partial charge in [-0.3, -0.25) is 5.32 Å². The van der Waals surface area contributed by atoms with Crippen LogP contribution in [0.25, 0.3) is 11.1 Å². The Hall–Kier alpha value is -2.87. The van der Waals surface area contributed by atoms with Gasteiger partial charge in [0.25, 0.3) is 0 Å². The highest BCUT2D eigenvalue weighted by molar-refractivity contribution is 7.80. The Morgan fingerprint density at radius 2 is 1.80 bits per heavy atom. The number of H-pyrrole nitrogens is 1. The van der Waals surface area contributed by atoms with Crippen molar-refractivity contribution in [3.05, 3.63) is 42.1 Å². The van der Waals surface area contributed by atoms with E-state index in [0.29, 0.717) is 16.9 Å². The SMILES string of the molecule is CCOC(=O)NC(=S)Nc1[nH]cc(-c2ccccc2)c1C(=O)OCC. The second-order valence-electron chi connectivity index (χ2n) is 4.84. The first-order valence-corrected chi connectivity index (χ1v) is 8.16. The molecule has 2 rings (SSSR count). The number of anilines is 1. The first kappa shape index (κ1) is 18.5. The fraction of sp³-hybridized carbons (Fsp3) is 0.235. The van der Waals surface area contributed by atoms with E-state index in [1.165, 1.54) is 0 Å². The molecule has 0 fully saturated rings. The number of rotatable bonds is 5. The van der Waals surface area contributed by atoms with Crippen molar-refractivity contribution in [1.29, 1.82) is 0 Å². The number of hydrogen-bond acceptors (Lipinski definition) is 5. The zero-order valence-corrected chi connectivity index (χ0v) is 14.7. The lowest BCUT2D eigenvalue weighted by Crippen LogP contribution is -2.35. The summed E-state index contributed by atoms with van der Waals surface area (Å²) in [6.07, 6.45) is 1.00. The second kappa shape index (κ2) is 8.84. The average molecular weight is 361 g/mol. The number of nitrogens with one attached hydrogen (secondary N) is 3. The highest BCUT2D eigenvalue weighted by Gasteiger charge is 2.22. The predicted molar refractivity (Wildman–Crippen MR) is 98.6 cm³/mol. The maximum Gasteiger partial charge on any atom is 0.413 e. The van der Waals surface area contributed by atoms with E-state index < -0.39 is 12.1 Å². The van der Waals surface area contributed by atoms with E-state index in [2.05, 4.69) is 15.6 Å². The van der Waals surface area contributed by atoms with Crippen molar-refractivity contribution < 1.29 is 19.1 Å². The number of aromatic amines is 1. The Bertz CT molecular complexity index is 759. The molecule has 2 aromatic rings. The number of carbonyl (C=O) groups is 2. The van der Waals surface area contributed by atoms with E-state index in [1.54, 1.807) is 20.0 Å². The number of esters is 1. The third kappa shape index (κ3) is 4.80. The van der Waals surface area contributed by atoms with Gasteiger partial charge in [0, 0.05) is 11.8 Å². The van der Waals surface area contributed by atoms with Crippen molar-refractivity contribution in [3.63, 3.8) is 0 Å². The Morgan fingerprint density at radius 1 is 1.12 bits per heavy atom. The third-order valence-corrected chi connectivity index (χ3v) is 3.38. The molecule has 0 saturated carbocycles. The molecule has 3 N–H and O–H groups in total. The summed E-state index contributed by atoms with van der Waals surface area (Å²) in [6.45, 7) is 3.88. The zero-order valence-electron chi connectivity index (χ0n) is 13.9. The summed E-state index contributed by atoms with van der Waals surface area (Å²) in [6, 6.07) is 9.39. The van der Waals surface area contributed by atoms with Gasteiger partial charge < -0.3 is 19.8 Å². The van der Waals surface area contributed by atoms with E-state index in [0.717, 1.165) is 5.56 Å². The van der Waals surface area contributed by atoms with Crippen LogP contribution in [0.5, 0.6) is 0 Å². The topological polar surface area (TPSA) is 92.5 Å². The lowest BCUT2D eigenvalue weighted by molar-refractivity contribution is 0.0528. The van der Waals surface area contributed by atoms with E-state index in [4.69, 9.17) is 21.7 Å². The summed E-state index contributed by atoms with van der Waals surface area (Å²) < 4.78 is 9.90. The molecule has 0 bridgehead atoms. The third-order valence-electron chi connectivity index (χ3n) is 3.17. The summed E-state index contributed by atoms with van der Waals surface area (Å²) >= 11 is 5.07. The molecule has 7 nitrogen and oxygen atoms in total. The number of amides is 1. The molecule has 1 amide bonds. The maximum absolute atomic E-state index is 12.4. The van der Waals surface area contributed by atoms with Gasteiger partial charge in [-0.05, 0) is 31.6 Å². The Labute approximate surface area is 150 Å². The van der Waals surface area contributed by atoms with Gasteiger partial charge in [0.15, 0.2) is 5.11 Å². The summed E-state index contributed by atoms with van der Waals surface area (Å²) in [5, 5.41) is 5.16. The minimum atomic E-state index is -0.674. The van der Waals surface area contributed by atoms with Crippen molar-refractivity contribution in [2.24, 2.45) is 0 Å². The Kier molecular flexibility index (Phi) is 6.53. The standard InChI is InChI=1S/C17H19N3O4S/c1-3-23-15(21)13-12(11-8-6-5-7-9-11)10-18-14(13)19-16(25)20-17(22)24-4-2/h5-10,18H,3-4H2,1-2H3,(H2,19,20,22,25). The number of aromatic nitrogens is 1. The van der Waals surface area contributed by atoms with Crippen LogP contribution in [0.15, 0.2) is 36.5 Å². The average Bonchev–Trinajstić information content (AvgIpc) is 2.99. The van der Waals surface area contributed by atoms with E-state index >= 15 is 0 Å². The number of thiocarbonyl (C=S) groups is 1. The predicted octanol–water partition coefficient (Wildman–Crippen LogP) is 3.30.